The highest BCUT2D eigenvalue weighted by Crippen LogP contribution is 2.54. The molecular formula is C20H24ClN3O3S. The van der Waals surface area contributed by atoms with Crippen molar-refractivity contribution in [1.82, 2.24) is 10.2 Å². The molecule has 3 aliphatic heterocycles. The van der Waals surface area contributed by atoms with Gasteiger partial charge in [-0.3, -0.25) is 24.6 Å². The molecule has 8 heteroatoms. The number of para-hydroxylation sites is 1. The number of fused-ring (bicyclic) bond motifs is 4. The minimum Gasteiger partial charge on any atom is -0.323 e. The number of likely N-dealkylation sites (tertiary alicyclic amines) is 1. The van der Waals surface area contributed by atoms with Gasteiger partial charge in [0.1, 0.15) is 5.54 Å². The molecule has 2 N–H and O–H groups in total. The zero-order chi connectivity index (χ0) is 20.2. The summed E-state index contributed by atoms with van der Waals surface area (Å²) in [4.78, 5) is 41.4. The first-order valence-electron chi connectivity index (χ1n) is 9.62. The number of hydrogen-bond acceptors (Lipinski definition) is 5. The number of imide groups is 1. The third-order valence-electron chi connectivity index (χ3n) is 6.40. The smallest absolute Gasteiger partial charge is 0.250 e. The third-order valence-corrected chi connectivity index (χ3v) is 7.36. The number of thioether (sulfide) groups is 1. The van der Waals surface area contributed by atoms with E-state index in [1.54, 1.807) is 23.9 Å². The van der Waals surface area contributed by atoms with Gasteiger partial charge in [-0.05, 0) is 37.8 Å². The average Bonchev–Trinajstić information content (AvgIpc) is 3.26. The fourth-order valence-electron chi connectivity index (χ4n) is 4.93. The summed E-state index contributed by atoms with van der Waals surface area (Å²) in [6.07, 6.45) is 3.40. The van der Waals surface area contributed by atoms with Crippen molar-refractivity contribution in [3.05, 3.63) is 28.8 Å². The number of hydrogen-bond donors (Lipinski definition) is 2. The molecule has 6 nitrogen and oxygen atoms in total. The van der Waals surface area contributed by atoms with Crippen LogP contribution in [0.2, 0.25) is 5.02 Å². The lowest BCUT2D eigenvalue weighted by atomic mass is 9.76. The normalized spacial score (nSPS) is 32.1. The topological polar surface area (TPSA) is 78.5 Å². The van der Waals surface area contributed by atoms with Crippen LogP contribution in [0.1, 0.15) is 32.3 Å². The molecule has 3 amide bonds. The molecular weight excluding hydrogens is 398 g/mol. The Morgan fingerprint density at radius 1 is 1.29 bits per heavy atom. The molecule has 0 radical (unpaired) electrons. The summed E-state index contributed by atoms with van der Waals surface area (Å²) in [5, 5.41) is 6.72. The van der Waals surface area contributed by atoms with Gasteiger partial charge in [-0.2, -0.15) is 11.8 Å². The molecule has 1 aromatic carbocycles. The van der Waals surface area contributed by atoms with Crippen LogP contribution in [0.4, 0.5) is 5.69 Å². The monoisotopic (exact) mass is 421 g/mol. The van der Waals surface area contributed by atoms with Crippen molar-refractivity contribution in [2.75, 3.05) is 17.3 Å². The van der Waals surface area contributed by atoms with E-state index in [0.29, 0.717) is 29.1 Å². The number of nitrogens with one attached hydrogen (secondary N) is 2. The van der Waals surface area contributed by atoms with Gasteiger partial charge in [0.15, 0.2) is 0 Å². The van der Waals surface area contributed by atoms with E-state index in [2.05, 4.69) is 10.6 Å². The standard InChI is InChI=1S/C20H24ClN3O3S/c1-4-10(2)24-17(25)14-13(8-9-28-3)23-20(15(14)18(24)26)11-6-5-7-12(21)16(11)22-19(20)27/h5-7,10,13-15,23H,4,8-9H2,1-3H3,(H,22,27)/t10?,13?,14-,15+,20?/m1/s1. The summed E-state index contributed by atoms with van der Waals surface area (Å²) in [6, 6.07) is 4.89. The lowest BCUT2D eigenvalue weighted by Gasteiger charge is -2.31. The van der Waals surface area contributed by atoms with Crippen molar-refractivity contribution in [2.24, 2.45) is 11.8 Å². The molecule has 0 saturated carbocycles. The molecule has 3 heterocycles. The van der Waals surface area contributed by atoms with Crippen LogP contribution in [0.3, 0.4) is 0 Å². The number of carbonyl (C=O) groups excluding carboxylic acids is 3. The highest BCUT2D eigenvalue weighted by molar-refractivity contribution is 7.98. The highest BCUT2D eigenvalue weighted by atomic mass is 35.5. The Hall–Kier alpha value is -1.57. The number of halogens is 1. The van der Waals surface area contributed by atoms with Crippen LogP contribution in [0, 0.1) is 11.8 Å². The molecule has 3 aliphatic rings. The number of amides is 3. The van der Waals surface area contributed by atoms with Gasteiger partial charge in [-0.15, -0.1) is 0 Å². The van der Waals surface area contributed by atoms with Crippen molar-refractivity contribution in [1.29, 1.82) is 0 Å². The van der Waals surface area contributed by atoms with Gasteiger partial charge in [0.2, 0.25) is 17.7 Å². The molecule has 0 bridgehead atoms. The first-order valence-corrected chi connectivity index (χ1v) is 11.4. The second kappa shape index (κ2) is 7.04. The van der Waals surface area contributed by atoms with E-state index >= 15 is 0 Å². The van der Waals surface area contributed by atoms with Crippen molar-refractivity contribution in [3.8, 4) is 0 Å². The first-order chi connectivity index (χ1) is 13.4. The van der Waals surface area contributed by atoms with Gasteiger partial charge < -0.3 is 5.32 Å². The minimum absolute atomic E-state index is 0.164. The molecule has 0 aliphatic carbocycles. The zero-order valence-corrected chi connectivity index (χ0v) is 17.7. The van der Waals surface area contributed by atoms with Crippen LogP contribution in [0.25, 0.3) is 0 Å². The second-order valence-electron chi connectivity index (χ2n) is 7.76. The minimum atomic E-state index is -1.25. The lowest BCUT2D eigenvalue weighted by molar-refractivity contribution is -0.145. The quantitative estimate of drug-likeness (QED) is 0.714. The molecule has 0 aromatic heterocycles. The van der Waals surface area contributed by atoms with E-state index in [0.717, 1.165) is 5.75 Å². The SMILES string of the molecule is CCC(C)N1C(=O)[C@@H]2C(CCSC)NC3(C(=O)Nc4c(Cl)cccc43)[C@@H]2C1=O. The van der Waals surface area contributed by atoms with Crippen LogP contribution >= 0.6 is 23.4 Å². The zero-order valence-electron chi connectivity index (χ0n) is 16.1. The van der Waals surface area contributed by atoms with E-state index in [9.17, 15) is 14.4 Å². The van der Waals surface area contributed by atoms with Crippen LogP contribution in [-0.2, 0) is 19.9 Å². The Morgan fingerprint density at radius 2 is 2.04 bits per heavy atom. The molecule has 3 unspecified atom stereocenters. The number of rotatable bonds is 5. The molecule has 2 saturated heterocycles. The molecule has 5 atom stereocenters. The summed E-state index contributed by atoms with van der Waals surface area (Å²) in [6.45, 7) is 3.84. The van der Waals surface area contributed by atoms with E-state index in [-0.39, 0.29) is 29.8 Å². The van der Waals surface area contributed by atoms with E-state index in [4.69, 9.17) is 11.6 Å². The third kappa shape index (κ3) is 2.49. The lowest BCUT2D eigenvalue weighted by Crippen LogP contribution is -2.54. The van der Waals surface area contributed by atoms with Crippen LogP contribution in [0.5, 0.6) is 0 Å². The maximum atomic E-state index is 13.5. The van der Waals surface area contributed by atoms with Crippen LogP contribution in [0.15, 0.2) is 18.2 Å². The predicted octanol–water partition coefficient (Wildman–Crippen LogP) is 2.61. The van der Waals surface area contributed by atoms with Gasteiger partial charge >= 0.3 is 0 Å². The Labute approximate surface area is 173 Å². The largest absolute Gasteiger partial charge is 0.323 e. The molecule has 1 aromatic rings. The Kier molecular flexibility index (Phi) is 4.96. The summed E-state index contributed by atoms with van der Waals surface area (Å²) in [7, 11) is 0. The molecule has 150 valence electrons. The Balaban J connectivity index is 1.86. The summed E-state index contributed by atoms with van der Waals surface area (Å²) < 4.78 is 0. The van der Waals surface area contributed by atoms with Crippen molar-refractivity contribution < 1.29 is 14.4 Å². The number of anilines is 1. The number of carbonyl (C=O) groups is 3. The molecule has 1 spiro atoms. The first kappa shape index (κ1) is 19.7. The van der Waals surface area contributed by atoms with Gasteiger partial charge in [0, 0.05) is 17.6 Å². The maximum absolute atomic E-state index is 13.5. The maximum Gasteiger partial charge on any atom is 0.250 e. The van der Waals surface area contributed by atoms with Crippen molar-refractivity contribution >= 4 is 46.8 Å². The number of nitrogens with zero attached hydrogens (tertiary/aromatic N) is 1. The molecule has 28 heavy (non-hydrogen) atoms. The van der Waals surface area contributed by atoms with Crippen LogP contribution in [-0.4, -0.2) is 46.7 Å². The molecule has 2 fully saturated rings. The average molecular weight is 422 g/mol. The molecule has 4 rings (SSSR count). The van der Waals surface area contributed by atoms with Gasteiger partial charge in [0.25, 0.3) is 0 Å². The Bertz CT molecular complexity index is 863. The van der Waals surface area contributed by atoms with Crippen molar-refractivity contribution in [2.45, 2.75) is 44.3 Å². The fourth-order valence-corrected chi connectivity index (χ4v) is 5.64. The van der Waals surface area contributed by atoms with E-state index in [1.807, 2.05) is 26.2 Å². The second-order valence-corrected chi connectivity index (χ2v) is 9.16. The number of benzene rings is 1. The summed E-state index contributed by atoms with van der Waals surface area (Å²) in [5.41, 5.74) is -0.0462. The highest BCUT2D eigenvalue weighted by Gasteiger charge is 2.70. The van der Waals surface area contributed by atoms with E-state index in [1.165, 1.54) is 4.90 Å². The Morgan fingerprint density at radius 3 is 2.71 bits per heavy atom. The fraction of sp³-hybridized carbons (Fsp3) is 0.550. The van der Waals surface area contributed by atoms with Gasteiger partial charge in [-0.1, -0.05) is 30.7 Å². The predicted molar refractivity (Wildman–Crippen MR) is 110 cm³/mol. The summed E-state index contributed by atoms with van der Waals surface area (Å²) >= 11 is 8.00. The van der Waals surface area contributed by atoms with Gasteiger partial charge in [-0.25, -0.2) is 0 Å². The van der Waals surface area contributed by atoms with Gasteiger partial charge in [0.05, 0.1) is 22.5 Å². The summed E-state index contributed by atoms with van der Waals surface area (Å²) in [5.74, 6) is -1.17. The van der Waals surface area contributed by atoms with Crippen molar-refractivity contribution in [3.63, 3.8) is 0 Å². The van der Waals surface area contributed by atoms with E-state index < -0.39 is 17.4 Å². The van der Waals surface area contributed by atoms with Crippen LogP contribution < -0.4 is 10.6 Å².